The van der Waals surface area contributed by atoms with Crippen LogP contribution in [0.2, 0.25) is 0 Å². The van der Waals surface area contributed by atoms with Gasteiger partial charge in [-0.2, -0.15) is 0 Å². The van der Waals surface area contributed by atoms with Gasteiger partial charge in [0.05, 0.1) is 0 Å². The predicted molar refractivity (Wildman–Crippen MR) is 54.9 cm³/mol. The summed E-state index contributed by atoms with van der Waals surface area (Å²) in [6.07, 6.45) is -5.74. The van der Waals surface area contributed by atoms with E-state index >= 15 is 0 Å². The number of carbonyl (C=O) groups is 1. The number of aliphatic hydroxyl groups excluding tert-OH is 3. The predicted octanol–water partition coefficient (Wildman–Crippen LogP) is -1.61. The lowest BCUT2D eigenvalue weighted by molar-refractivity contribution is -0.181. The van der Waals surface area contributed by atoms with Crippen LogP contribution in [0.1, 0.15) is 13.8 Å². The summed E-state index contributed by atoms with van der Waals surface area (Å²) in [5.41, 5.74) is 0. The molecule has 0 aliphatic carbocycles. The molecule has 1 heterocycles. The zero-order chi connectivity index (χ0) is 13.0. The average Bonchev–Trinajstić information content (AvgIpc) is 2.55. The molecule has 1 aliphatic heterocycles. The molecule has 1 saturated heterocycles. The van der Waals surface area contributed by atoms with Gasteiger partial charge in [-0.05, 0) is 6.92 Å². The Labute approximate surface area is 98.9 Å². The van der Waals surface area contributed by atoms with Crippen LogP contribution in [0.5, 0.6) is 0 Å². The van der Waals surface area contributed by atoms with Crippen molar-refractivity contribution in [2.45, 2.75) is 44.6 Å². The Hall–Kier alpha value is -0.730. The minimum Gasteiger partial charge on any atom is -0.463 e. The van der Waals surface area contributed by atoms with Crippen LogP contribution in [-0.2, 0) is 19.0 Å². The summed E-state index contributed by atoms with van der Waals surface area (Å²) in [5.74, 6) is -0.543. The smallest absolute Gasteiger partial charge is 0.302 e. The van der Waals surface area contributed by atoms with Crippen LogP contribution in [-0.4, -0.2) is 65.2 Å². The first-order chi connectivity index (χ1) is 7.97. The number of carbonyl (C=O) groups excluding carboxylic acids is 1. The summed E-state index contributed by atoms with van der Waals surface area (Å²) < 4.78 is 14.8. The molecule has 0 bridgehead atoms. The summed E-state index contributed by atoms with van der Waals surface area (Å²) >= 11 is 0. The largest absolute Gasteiger partial charge is 0.463 e. The van der Waals surface area contributed by atoms with Gasteiger partial charge in [-0.1, -0.05) is 0 Å². The zero-order valence-electron chi connectivity index (χ0n) is 9.78. The van der Waals surface area contributed by atoms with Gasteiger partial charge in [-0.15, -0.1) is 0 Å². The van der Waals surface area contributed by atoms with E-state index in [1.807, 2.05) is 0 Å². The van der Waals surface area contributed by atoms with Gasteiger partial charge in [-0.3, -0.25) is 4.79 Å². The van der Waals surface area contributed by atoms with Crippen LogP contribution in [0, 0.1) is 0 Å². The second-order valence-corrected chi connectivity index (χ2v) is 3.78. The molecular weight excluding hydrogens is 232 g/mol. The number of esters is 1. The highest BCUT2D eigenvalue weighted by atomic mass is 16.7. The van der Waals surface area contributed by atoms with Gasteiger partial charge in [0.25, 0.3) is 0 Å². The van der Waals surface area contributed by atoms with Crippen LogP contribution < -0.4 is 0 Å². The molecule has 7 nitrogen and oxygen atoms in total. The van der Waals surface area contributed by atoms with E-state index < -0.39 is 36.7 Å². The molecule has 0 saturated carbocycles. The highest BCUT2D eigenvalue weighted by Crippen LogP contribution is 2.24. The van der Waals surface area contributed by atoms with E-state index in [1.54, 1.807) is 6.92 Å². The monoisotopic (exact) mass is 250 g/mol. The molecule has 1 aliphatic rings. The maximum absolute atomic E-state index is 10.6. The molecule has 3 N–H and O–H groups in total. The molecular formula is C10H18O7. The van der Waals surface area contributed by atoms with Crippen LogP contribution >= 0.6 is 0 Å². The third kappa shape index (κ3) is 3.62. The summed E-state index contributed by atoms with van der Waals surface area (Å²) in [6, 6.07) is 0. The van der Waals surface area contributed by atoms with Crippen LogP contribution in [0.3, 0.4) is 0 Å². The van der Waals surface area contributed by atoms with Crippen LogP contribution in [0.15, 0.2) is 0 Å². The van der Waals surface area contributed by atoms with Crippen LogP contribution in [0.25, 0.3) is 0 Å². The van der Waals surface area contributed by atoms with E-state index in [0.717, 1.165) is 0 Å². The zero-order valence-corrected chi connectivity index (χ0v) is 9.78. The van der Waals surface area contributed by atoms with Crippen molar-refractivity contribution in [2.24, 2.45) is 0 Å². The Morgan fingerprint density at radius 3 is 2.59 bits per heavy atom. The quantitative estimate of drug-likeness (QED) is 0.504. The van der Waals surface area contributed by atoms with E-state index in [2.05, 4.69) is 4.74 Å². The second kappa shape index (κ2) is 6.27. The lowest BCUT2D eigenvalue weighted by Crippen LogP contribution is -2.41. The average molecular weight is 250 g/mol. The number of hydrogen-bond donors (Lipinski definition) is 3. The van der Waals surface area contributed by atoms with Crippen molar-refractivity contribution < 1.29 is 34.3 Å². The molecule has 0 aromatic heterocycles. The summed E-state index contributed by atoms with van der Waals surface area (Å²) in [7, 11) is 0. The Morgan fingerprint density at radius 1 is 1.41 bits per heavy atom. The lowest BCUT2D eigenvalue weighted by atomic mass is 10.1. The summed E-state index contributed by atoms with van der Waals surface area (Å²) in [4.78, 5) is 10.6. The third-order valence-electron chi connectivity index (χ3n) is 2.42. The van der Waals surface area contributed by atoms with E-state index in [-0.39, 0.29) is 6.61 Å². The second-order valence-electron chi connectivity index (χ2n) is 3.78. The number of rotatable bonds is 5. The molecule has 1 fully saturated rings. The first-order valence-corrected chi connectivity index (χ1v) is 5.42. The molecule has 1 unspecified atom stereocenters. The van der Waals surface area contributed by atoms with Gasteiger partial charge in [0.1, 0.15) is 31.0 Å². The van der Waals surface area contributed by atoms with Crippen molar-refractivity contribution in [3.05, 3.63) is 0 Å². The first-order valence-electron chi connectivity index (χ1n) is 5.42. The van der Waals surface area contributed by atoms with E-state index in [0.29, 0.717) is 6.61 Å². The Morgan fingerprint density at radius 2 is 2.06 bits per heavy atom. The molecule has 7 heteroatoms. The van der Waals surface area contributed by atoms with E-state index in [4.69, 9.17) is 9.47 Å². The molecule has 0 aromatic rings. The molecule has 0 radical (unpaired) electrons. The van der Waals surface area contributed by atoms with Crippen molar-refractivity contribution in [1.82, 2.24) is 0 Å². The van der Waals surface area contributed by atoms with Gasteiger partial charge < -0.3 is 29.5 Å². The molecule has 0 amide bonds. The Kier molecular flexibility index (Phi) is 5.29. The standard InChI is InChI=1S/C10H18O7/c1-3-15-10-8(14)7(13)9(17-10)6(12)4-16-5(2)11/h6-10,12-14H,3-4H2,1-2H3/t6-,7-,8-,9-,10?/m1/s1. The normalized spacial score (nSPS) is 34.6. The molecule has 0 aromatic carbocycles. The van der Waals surface area contributed by atoms with Gasteiger partial charge in [-0.25, -0.2) is 0 Å². The van der Waals surface area contributed by atoms with Gasteiger partial charge in [0.2, 0.25) is 0 Å². The minimum absolute atomic E-state index is 0.303. The van der Waals surface area contributed by atoms with Crippen molar-refractivity contribution >= 4 is 5.97 Å². The third-order valence-corrected chi connectivity index (χ3v) is 2.42. The molecule has 100 valence electrons. The summed E-state index contributed by atoms with van der Waals surface area (Å²) in [6.45, 7) is 2.92. The first kappa shape index (κ1) is 14.3. The minimum atomic E-state index is -1.28. The van der Waals surface area contributed by atoms with Crippen molar-refractivity contribution in [1.29, 1.82) is 0 Å². The SMILES string of the molecule is CCOC1O[C@H]([C@H](O)COC(C)=O)[C@H](O)[C@H]1O. The highest BCUT2D eigenvalue weighted by Gasteiger charge is 2.46. The molecule has 1 rings (SSSR count). The van der Waals surface area contributed by atoms with Gasteiger partial charge in [0, 0.05) is 13.5 Å². The fourth-order valence-electron chi connectivity index (χ4n) is 1.59. The van der Waals surface area contributed by atoms with E-state index in [1.165, 1.54) is 6.92 Å². The number of aliphatic hydroxyl groups is 3. The van der Waals surface area contributed by atoms with Gasteiger partial charge in [0.15, 0.2) is 6.29 Å². The molecule has 0 spiro atoms. The molecule has 17 heavy (non-hydrogen) atoms. The topological polar surface area (TPSA) is 105 Å². The van der Waals surface area contributed by atoms with Crippen molar-refractivity contribution in [3.8, 4) is 0 Å². The van der Waals surface area contributed by atoms with Crippen molar-refractivity contribution in [3.63, 3.8) is 0 Å². The van der Waals surface area contributed by atoms with Crippen molar-refractivity contribution in [2.75, 3.05) is 13.2 Å². The molecule has 5 atom stereocenters. The fourth-order valence-corrected chi connectivity index (χ4v) is 1.59. The number of hydrogen-bond acceptors (Lipinski definition) is 7. The number of ether oxygens (including phenoxy) is 3. The Bertz CT molecular complexity index is 257. The maximum atomic E-state index is 10.6. The maximum Gasteiger partial charge on any atom is 0.302 e. The fraction of sp³-hybridized carbons (Fsp3) is 0.900. The van der Waals surface area contributed by atoms with Gasteiger partial charge >= 0.3 is 5.97 Å². The highest BCUT2D eigenvalue weighted by molar-refractivity contribution is 5.65. The summed E-state index contributed by atoms with van der Waals surface area (Å²) in [5, 5.41) is 28.8. The van der Waals surface area contributed by atoms with E-state index in [9.17, 15) is 20.1 Å². The Balaban J connectivity index is 2.50. The van der Waals surface area contributed by atoms with Crippen LogP contribution in [0.4, 0.5) is 0 Å². The lowest BCUT2D eigenvalue weighted by Gasteiger charge is -2.20.